The lowest BCUT2D eigenvalue weighted by atomic mass is 10.2. The number of hydrogen-bond donors (Lipinski definition) is 0. The molecular formula is C10H10N2OS. The number of nitrogens with zero attached hydrogens (tertiary/aromatic N) is 2. The summed E-state index contributed by atoms with van der Waals surface area (Å²) in [6, 6.07) is 7.25. The fourth-order valence-corrected chi connectivity index (χ4v) is 1.27. The van der Waals surface area contributed by atoms with Crippen LogP contribution >= 0.6 is 12.2 Å². The monoisotopic (exact) mass is 206 g/mol. The van der Waals surface area contributed by atoms with E-state index >= 15 is 0 Å². The third-order valence-electron chi connectivity index (χ3n) is 1.55. The molecule has 0 unspecified atom stereocenters. The van der Waals surface area contributed by atoms with Crippen molar-refractivity contribution >= 4 is 17.3 Å². The first-order valence-electron chi connectivity index (χ1n) is 4.28. The van der Waals surface area contributed by atoms with Crippen LogP contribution in [0.3, 0.4) is 0 Å². The predicted octanol–water partition coefficient (Wildman–Crippen LogP) is 1.86. The first-order chi connectivity index (χ1) is 6.76. The van der Waals surface area contributed by atoms with Gasteiger partial charge in [0.15, 0.2) is 5.05 Å². The van der Waals surface area contributed by atoms with E-state index in [-0.39, 0.29) is 0 Å². The lowest BCUT2D eigenvalue weighted by molar-refractivity contribution is 0.329. The molecule has 0 aliphatic rings. The molecule has 3 nitrogen and oxygen atoms in total. The molecule has 4 heteroatoms. The summed E-state index contributed by atoms with van der Waals surface area (Å²) in [7, 11) is 0. The molecule has 14 heavy (non-hydrogen) atoms. The SMILES string of the molecule is CCOC(=S)Cc1cccc(C#N)n1. The van der Waals surface area contributed by atoms with Crippen LogP contribution in [0.1, 0.15) is 18.3 Å². The van der Waals surface area contributed by atoms with Gasteiger partial charge in [-0.2, -0.15) is 5.26 Å². The largest absolute Gasteiger partial charge is 0.487 e. The Morgan fingerprint density at radius 3 is 3.07 bits per heavy atom. The Kier molecular flexibility index (Phi) is 4.02. The van der Waals surface area contributed by atoms with Gasteiger partial charge in [0.2, 0.25) is 0 Å². The molecule has 0 N–H and O–H groups in total. The Hall–Kier alpha value is -1.47. The molecule has 0 saturated carbocycles. The molecule has 0 saturated heterocycles. The van der Waals surface area contributed by atoms with Crippen molar-refractivity contribution in [2.24, 2.45) is 0 Å². The zero-order chi connectivity index (χ0) is 10.4. The summed E-state index contributed by atoms with van der Waals surface area (Å²) in [6.07, 6.45) is 0.485. The van der Waals surface area contributed by atoms with Gasteiger partial charge in [-0.15, -0.1) is 0 Å². The minimum absolute atomic E-state index is 0.404. The summed E-state index contributed by atoms with van der Waals surface area (Å²) in [4.78, 5) is 4.08. The lowest BCUT2D eigenvalue weighted by Crippen LogP contribution is -2.06. The molecule has 1 aromatic heterocycles. The summed E-state index contributed by atoms with van der Waals surface area (Å²) in [5, 5.41) is 9.13. The van der Waals surface area contributed by atoms with Crippen LogP contribution in [0.4, 0.5) is 0 Å². The standard InChI is InChI=1S/C10H10N2OS/c1-2-13-10(14)6-8-4-3-5-9(7-11)12-8/h3-5H,2,6H2,1H3. The molecule has 0 bridgehead atoms. The van der Waals surface area contributed by atoms with Gasteiger partial charge < -0.3 is 4.74 Å². The van der Waals surface area contributed by atoms with Crippen molar-refractivity contribution in [1.82, 2.24) is 4.98 Å². The minimum atomic E-state index is 0.404. The van der Waals surface area contributed by atoms with E-state index in [1.54, 1.807) is 12.1 Å². The molecule has 0 fully saturated rings. The van der Waals surface area contributed by atoms with E-state index in [4.69, 9.17) is 22.2 Å². The lowest BCUT2D eigenvalue weighted by Gasteiger charge is -2.03. The van der Waals surface area contributed by atoms with E-state index in [0.717, 1.165) is 5.69 Å². The Labute approximate surface area is 88.3 Å². The highest BCUT2D eigenvalue weighted by atomic mass is 32.1. The fourth-order valence-electron chi connectivity index (χ4n) is 1.00. The van der Waals surface area contributed by atoms with Crippen LogP contribution in [0.2, 0.25) is 0 Å². The van der Waals surface area contributed by atoms with Crippen molar-refractivity contribution < 1.29 is 4.74 Å². The normalized spacial score (nSPS) is 9.14. The Morgan fingerprint density at radius 1 is 1.64 bits per heavy atom. The molecule has 0 radical (unpaired) electrons. The maximum absolute atomic E-state index is 8.62. The van der Waals surface area contributed by atoms with E-state index in [1.165, 1.54) is 0 Å². The Balaban J connectivity index is 2.68. The van der Waals surface area contributed by atoms with Crippen molar-refractivity contribution in [3.05, 3.63) is 29.6 Å². The van der Waals surface area contributed by atoms with E-state index < -0.39 is 0 Å². The molecule has 0 amide bonds. The summed E-state index contributed by atoms with van der Waals surface area (Å²) in [5.74, 6) is 0. The fraction of sp³-hybridized carbons (Fsp3) is 0.300. The van der Waals surface area contributed by atoms with Gasteiger partial charge in [0.05, 0.1) is 18.7 Å². The van der Waals surface area contributed by atoms with Crippen LogP contribution in [0.15, 0.2) is 18.2 Å². The number of ether oxygens (including phenoxy) is 1. The van der Waals surface area contributed by atoms with Crippen LogP contribution in [0.5, 0.6) is 0 Å². The molecular weight excluding hydrogens is 196 g/mol. The van der Waals surface area contributed by atoms with Crippen molar-refractivity contribution in [2.45, 2.75) is 13.3 Å². The third-order valence-corrected chi connectivity index (χ3v) is 1.81. The van der Waals surface area contributed by atoms with Crippen molar-refractivity contribution in [3.63, 3.8) is 0 Å². The Bertz CT molecular complexity index is 371. The van der Waals surface area contributed by atoms with Crippen LogP contribution < -0.4 is 0 Å². The summed E-state index contributed by atoms with van der Waals surface area (Å²) in [6.45, 7) is 2.45. The molecule has 0 spiro atoms. The minimum Gasteiger partial charge on any atom is -0.487 e. The van der Waals surface area contributed by atoms with Gasteiger partial charge in [0.25, 0.3) is 0 Å². The summed E-state index contributed by atoms with van der Waals surface area (Å²) >= 11 is 4.97. The van der Waals surface area contributed by atoms with Crippen molar-refractivity contribution in [2.75, 3.05) is 6.61 Å². The van der Waals surface area contributed by atoms with Gasteiger partial charge in [-0.05, 0) is 31.3 Å². The first kappa shape index (κ1) is 10.6. The average Bonchev–Trinajstić information content (AvgIpc) is 2.18. The van der Waals surface area contributed by atoms with E-state index in [2.05, 4.69) is 4.98 Å². The van der Waals surface area contributed by atoms with Gasteiger partial charge >= 0.3 is 0 Å². The maximum Gasteiger partial charge on any atom is 0.165 e. The molecule has 0 atom stereocenters. The van der Waals surface area contributed by atoms with Gasteiger partial charge in [-0.3, -0.25) is 0 Å². The second-order valence-corrected chi connectivity index (χ2v) is 3.06. The highest BCUT2D eigenvalue weighted by Crippen LogP contribution is 2.01. The number of nitriles is 1. The van der Waals surface area contributed by atoms with Gasteiger partial charge in [0.1, 0.15) is 11.8 Å². The van der Waals surface area contributed by atoms with Crippen LogP contribution in [0, 0.1) is 11.3 Å². The second-order valence-electron chi connectivity index (χ2n) is 2.61. The molecule has 72 valence electrons. The second kappa shape index (κ2) is 5.30. The summed E-state index contributed by atoms with van der Waals surface area (Å²) in [5.41, 5.74) is 1.17. The topological polar surface area (TPSA) is 45.9 Å². The number of rotatable bonds is 3. The van der Waals surface area contributed by atoms with Gasteiger partial charge in [0, 0.05) is 0 Å². The van der Waals surface area contributed by atoms with Crippen LogP contribution in [-0.4, -0.2) is 16.6 Å². The number of pyridine rings is 1. The smallest absolute Gasteiger partial charge is 0.165 e. The van der Waals surface area contributed by atoms with Gasteiger partial charge in [-0.1, -0.05) is 6.07 Å². The first-order valence-corrected chi connectivity index (χ1v) is 4.68. The van der Waals surface area contributed by atoms with Gasteiger partial charge in [-0.25, -0.2) is 4.98 Å². The molecule has 0 aliphatic carbocycles. The summed E-state index contributed by atoms with van der Waals surface area (Å²) < 4.78 is 5.13. The maximum atomic E-state index is 8.62. The van der Waals surface area contributed by atoms with E-state index in [0.29, 0.717) is 23.8 Å². The molecule has 1 heterocycles. The van der Waals surface area contributed by atoms with Crippen molar-refractivity contribution in [3.8, 4) is 6.07 Å². The number of thiocarbonyl (C=S) groups is 1. The molecule has 1 aromatic rings. The highest BCUT2D eigenvalue weighted by molar-refractivity contribution is 7.80. The molecule has 1 rings (SSSR count). The van der Waals surface area contributed by atoms with Crippen LogP contribution in [-0.2, 0) is 11.2 Å². The third kappa shape index (κ3) is 3.11. The van der Waals surface area contributed by atoms with E-state index in [1.807, 2.05) is 19.1 Å². The Morgan fingerprint density at radius 2 is 2.43 bits per heavy atom. The quantitative estimate of drug-likeness (QED) is 0.708. The van der Waals surface area contributed by atoms with Crippen molar-refractivity contribution in [1.29, 1.82) is 5.26 Å². The van der Waals surface area contributed by atoms with E-state index in [9.17, 15) is 0 Å². The predicted molar refractivity (Wildman–Crippen MR) is 56.9 cm³/mol. The zero-order valence-corrected chi connectivity index (χ0v) is 8.67. The zero-order valence-electron chi connectivity index (χ0n) is 7.86. The molecule has 0 aromatic carbocycles. The highest BCUT2D eigenvalue weighted by Gasteiger charge is 2.01. The van der Waals surface area contributed by atoms with Crippen LogP contribution in [0.25, 0.3) is 0 Å². The average molecular weight is 206 g/mol. The number of aromatic nitrogens is 1. The molecule has 0 aliphatic heterocycles. The number of hydrogen-bond acceptors (Lipinski definition) is 4.